The van der Waals surface area contributed by atoms with Crippen LogP contribution in [0.5, 0.6) is 0 Å². The Hall–Kier alpha value is 1.49. The summed E-state index contributed by atoms with van der Waals surface area (Å²) in [5.41, 5.74) is 1.86. The lowest BCUT2D eigenvalue weighted by molar-refractivity contribution is 1.30. The van der Waals surface area contributed by atoms with Crippen molar-refractivity contribution < 1.29 is 0 Å². The molecule has 0 radical (unpaired) electrons. The maximum atomic E-state index is 6.42. The van der Waals surface area contributed by atoms with Gasteiger partial charge in [-0.1, -0.05) is 70.2 Å². The first-order valence-corrected chi connectivity index (χ1v) is 16.1. The molecule has 146 valence electrons. The molecule has 1 nitrogen and oxygen atoms in total. The molecule has 4 aliphatic rings. The lowest BCUT2D eigenvalue weighted by Gasteiger charge is -2.08. The molecule has 1 aromatic rings. The van der Waals surface area contributed by atoms with E-state index in [1.165, 1.54) is 48.4 Å². The van der Waals surface area contributed by atoms with E-state index < -0.39 is 0 Å². The fourth-order valence-electron chi connectivity index (χ4n) is 2.54. The second-order valence-corrected chi connectivity index (χ2v) is 16.5. The van der Waals surface area contributed by atoms with E-state index in [2.05, 4.69) is 23.2 Å². The lowest BCUT2D eigenvalue weighted by atomic mass is 10.2. The van der Waals surface area contributed by atoms with Gasteiger partial charge in [0.05, 0.1) is 25.4 Å². The van der Waals surface area contributed by atoms with E-state index in [-0.39, 0.29) is 0 Å². The fraction of sp³-hybridized carbons (Fsp3) is 0.235. The normalized spacial score (nSPS) is 21.9. The molecule has 5 rings (SSSR count). The largest absolute Gasteiger partial charge is 0.223 e. The Morgan fingerprint density at radius 3 is 1.36 bits per heavy atom. The minimum absolute atomic E-state index is 0.460. The van der Waals surface area contributed by atoms with Crippen LogP contribution >= 0.6 is 117 Å². The predicted octanol–water partition coefficient (Wildman–Crippen LogP) is 9.16. The van der Waals surface area contributed by atoms with Crippen molar-refractivity contribution in [2.24, 2.45) is 0 Å². The molecule has 1 aromatic heterocycles. The van der Waals surface area contributed by atoms with E-state index in [0.29, 0.717) is 10.3 Å². The summed E-state index contributed by atoms with van der Waals surface area (Å²) in [5, 5.41) is 0.919. The van der Waals surface area contributed by atoms with Crippen LogP contribution in [0, 0.1) is 0 Å². The standard InChI is InChI=1S/C17H11Cl2NS8/c18-12-8(6-10-25-14-15(26-10)22-2-1-21-14)5-9(13(19)20-12)7-11-27-16-17(28-11)24-4-3-23-16/h5-7H,1-4H2. The summed E-state index contributed by atoms with van der Waals surface area (Å²) in [7, 11) is 0. The minimum Gasteiger partial charge on any atom is -0.223 e. The van der Waals surface area contributed by atoms with Gasteiger partial charge in [0, 0.05) is 34.1 Å². The van der Waals surface area contributed by atoms with Gasteiger partial charge in [-0.2, -0.15) is 0 Å². The predicted molar refractivity (Wildman–Crippen MR) is 144 cm³/mol. The topological polar surface area (TPSA) is 12.9 Å². The van der Waals surface area contributed by atoms with Gasteiger partial charge in [-0.05, 0) is 18.2 Å². The highest BCUT2D eigenvalue weighted by Gasteiger charge is 2.26. The lowest BCUT2D eigenvalue weighted by Crippen LogP contribution is -1.88. The molecule has 0 saturated carbocycles. The zero-order valence-corrected chi connectivity index (χ0v) is 22.1. The van der Waals surface area contributed by atoms with Gasteiger partial charge in [0.25, 0.3) is 0 Å². The van der Waals surface area contributed by atoms with Crippen LogP contribution in [0.4, 0.5) is 0 Å². The molecule has 28 heavy (non-hydrogen) atoms. The van der Waals surface area contributed by atoms with Crippen LogP contribution in [0.1, 0.15) is 11.1 Å². The zero-order valence-electron chi connectivity index (χ0n) is 14.0. The molecule has 4 aliphatic heterocycles. The number of halogens is 2. The van der Waals surface area contributed by atoms with Gasteiger partial charge in [-0.15, -0.1) is 47.0 Å². The first kappa shape index (κ1) is 21.3. The average Bonchev–Trinajstić information content (AvgIpc) is 3.28. The highest BCUT2D eigenvalue weighted by Crippen LogP contribution is 2.61. The second kappa shape index (κ2) is 9.55. The number of rotatable bonds is 2. The molecule has 0 bridgehead atoms. The van der Waals surface area contributed by atoms with Gasteiger partial charge < -0.3 is 0 Å². The number of pyridine rings is 1. The molecule has 0 aromatic carbocycles. The summed E-state index contributed by atoms with van der Waals surface area (Å²) < 4.78 is 8.23. The van der Waals surface area contributed by atoms with Gasteiger partial charge in [-0.3, -0.25) is 0 Å². The summed E-state index contributed by atoms with van der Waals surface area (Å²) in [6.45, 7) is 0. The van der Waals surface area contributed by atoms with Crippen LogP contribution in [-0.2, 0) is 0 Å². The van der Waals surface area contributed by atoms with Gasteiger partial charge in [0.2, 0.25) is 0 Å². The van der Waals surface area contributed by atoms with E-state index in [0.717, 1.165) is 11.1 Å². The van der Waals surface area contributed by atoms with Gasteiger partial charge >= 0.3 is 0 Å². The third-order valence-electron chi connectivity index (χ3n) is 3.74. The van der Waals surface area contributed by atoms with E-state index in [1.54, 1.807) is 0 Å². The molecule has 0 amide bonds. The number of aromatic nitrogens is 1. The van der Waals surface area contributed by atoms with E-state index >= 15 is 0 Å². The number of thioether (sulfide) groups is 8. The van der Waals surface area contributed by atoms with Crippen LogP contribution in [-0.4, -0.2) is 28.0 Å². The van der Waals surface area contributed by atoms with Gasteiger partial charge in [0.1, 0.15) is 10.3 Å². The summed E-state index contributed by atoms with van der Waals surface area (Å²) in [6.07, 6.45) is 4.29. The summed E-state index contributed by atoms with van der Waals surface area (Å²) in [6, 6.07) is 2.06. The minimum atomic E-state index is 0.460. The quantitative estimate of drug-likeness (QED) is 0.328. The van der Waals surface area contributed by atoms with Crippen molar-refractivity contribution in [1.29, 1.82) is 0 Å². The molecule has 0 spiro atoms. The third kappa shape index (κ3) is 4.79. The average molecular weight is 557 g/mol. The second-order valence-electron chi connectivity index (χ2n) is 5.63. The SMILES string of the molecule is Clc1nc(Cl)c(C=C2SC3=C(SCCS3)S2)cc1C=C1SC2=C(SCCS2)S1. The Labute approximate surface area is 208 Å². The van der Waals surface area contributed by atoms with Crippen molar-refractivity contribution in [2.45, 2.75) is 0 Å². The molecule has 0 N–H and O–H groups in total. The molecule has 0 fully saturated rings. The number of nitrogens with zero attached hydrogens (tertiary/aromatic N) is 1. The molecule has 0 atom stereocenters. The Morgan fingerprint density at radius 2 is 1.00 bits per heavy atom. The maximum Gasteiger partial charge on any atom is 0.138 e. The Bertz CT molecular complexity index is 855. The van der Waals surface area contributed by atoms with Crippen LogP contribution in [0.2, 0.25) is 10.3 Å². The monoisotopic (exact) mass is 555 g/mol. The zero-order chi connectivity index (χ0) is 19.1. The highest BCUT2D eigenvalue weighted by atomic mass is 35.5. The van der Waals surface area contributed by atoms with Crippen molar-refractivity contribution >= 4 is 129 Å². The first-order chi connectivity index (χ1) is 13.7. The van der Waals surface area contributed by atoms with Crippen molar-refractivity contribution in [3.63, 3.8) is 0 Å². The molecular weight excluding hydrogens is 546 g/mol. The van der Waals surface area contributed by atoms with Crippen LogP contribution < -0.4 is 0 Å². The molecule has 0 unspecified atom stereocenters. The van der Waals surface area contributed by atoms with Gasteiger partial charge in [-0.25, -0.2) is 4.98 Å². The highest BCUT2D eigenvalue weighted by molar-refractivity contribution is 8.42. The number of hydrogen-bond acceptors (Lipinski definition) is 9. The van der Waals surface area contributed by atoms with Crippen LogP contribution in [0.15, 0.2) is 31.5 Å². The smallest absolute Gasteiger partial charge is 0.138 e. The van der Waals surface area contributed by atoms with E-state index in [4.69, 9.17) is 23.2 Å². The molecule has 0 saturated heterocycles. The summed E-state index contributed by atoms with van der Waals surface area (Å²) >= 11 is 28.0. The van der Waals surface area contributed by atoms with E-state index in [9.17, 15) is 0 Å². The van der Waals surface area contributed by atoms with Crippen molar-refractivity contribution in [1.82, 2.24) is 4.98 Å². The number of hydrogen-bond donors (Lipinski definition) is 0. The third-order valence-corrected chi connectivity index (χ3v) is 15.6. The first-order valence-electron chi connectivity index (χ1n) is 8.16. The molecule has 11 heteroatoms. The molecular formula is C17H11Cl2NS8. The fourth-order valence-corrected chi connectivity index (χ4v) is 14.7. The summed E-state index contributed by atoms with van der Waals surface area (Å²) in [5.74, 6) is 4.76. The van der Waals surface area contributed by atoms with Crippen molar-refractivity contribution in [2.75, 3.05) is 23.0 Å². The Morgan fingerprint density at radius 1 is 0.643 bits per heavy atom. The Balaban J connectivity index is 1.39. The van der Waals surface area contributed by atoms with E-state index in [1.807, 2.05) is 94.1 Å². The molecule has 5 heterocycles. The Kier molecular flexibility index (Phi) is 7.28. The van der Waals surface area contributed by atoms with Crippen LogP contribution in [0.25, 0.3) is 12.2 Å². The van der Waals surface area contributed by atoms with Crippen molar-refractivity contribution in [3.8, 4) is 0 Å². The van der Waals surface area contributed by atoms with Crippen molar-refractivity contribution in [3.05, 3.63) is 52.9 Å². The van der Waals surface area contributed by atoms with Gasteiger partial charge in [0.15, 0.2) is 0 Å². The maximum absolute atomic E-state index is 6.42. The summed E-state index contributed by atoms with van der Waals surface area (Å²) in [4.78, 5) is 4.40. The molecule has 0 aliphatic carbocycles. The van der Waals surface area contributed by atoms with Crippen LogP contribution in [0.3, 0.4) is 0 Å².